The summed E-state index contributed by atoms with van der Waals surface area (Å²) in [6.07, 6.45) is 5.26. The van der Waals surface area contributed by atoms with Crippen molar-refractivity contribution in [3.05, 3.63) is 75.4 Å². The summed E-state index contributed by atoms with van der Waals surface area (Å²) in [5.74, 6) is -0.844. The molecule has 2 aromatic rings. The van der Waals surface area contributed by atoms with Crippen molar-refractivity contribution in [2.24, 2.45) is 5.41 Å². The van der Waals surface area contributed by atoms with Gasteiger partial charge in [-0.25, -0.2) is 0 Å². The summed E-state index contributed by atoms with van der Waals surface area (Å²) < 4.78 is 0. The third kappa shape index (κ3) is 4.04. The zero-order valence-corrected chi connectivity index (χ0v) is 18.9. The molecular weight excluding hydrogens is 386 g/mol. The molecule has 4 nitrogen and oxygen atoms in total. The van der Waals surface area contributed by atoms with Gasteiger partial charge in [0.15, 0.2) is 0 Å². The van der Waals surface area contributed by atoms with E-state index in [2.05, 4.69) is 26.8 Å². The van der Waals surface area contributed by atoms with Crippen molar-refractivity contribution in [1.82, 2.24) is 4.90 Å². The van der Waals surface area contributed by atoms with Crippen LogP contribution >= 0.6 is 0 Å². The zero-order chi connectivity index (χ0) is 22.3. The minimum absolute atomic E-state index is 0.0106. The SMILES string of the molecule is Cc1c(CC(=O)O)c(C2=CCC(C)(C)CC2)c(C)c2c1C(=O)N(Cc1ccccc1)C2. The number of hydrogen-bond donors (Lipinski definition) is 1. The minimum Gasteiger partial charge on any atom is -0.481 e. The smallest absolute Gasteiger partial charge is 0.307 e. The first-order chi connectivity index (χ1) is 14.7. The van der Waals surface area contributed by atoms with Crippen molar-refractivity contribution >= 4 is 17.4 Å². The van der Waals surface area contributed by atoms with Gasteiger partial charge in [-0.15, -0.1) is 0 Å². The van der Waals surface area contributed by atoms with Crippen LogP contribution < -0.4 is 0 Å². The molecule has 0 saturated heterocycles. The topological polar surface area (TPSA) is 57.6 Å². The highest BCUT2D eigenvalue weighted by Crippen LogP contribution is 2.43. The molecule has 1 aliphatic heterocycles. The first-order valence-electron chi connectivity index (χ1n) is 11.1. The third-order valence-electron chi connectivity index (χ3n) is 6.95. The molecule has 0 aromatic heterocycles. The van der Waals surface area contributed by atoms with E-state index < -0.39 is 5.97 Å². The lowest BCUT2D eigenvalue weighted by molar-refractivity contribution is -0.136. The van der Waals surface area contributed by atoms with E-state index in [4.69, 9.17) is 0 Å². The number of amides is 1. The number of allylic oxidation sites excluding steroid dienone is 2. The molecule has 162 valence electrons. The molecule has 4 heteroatoms. The Bertz CT molecular complexity index is 1080. The zero-order valence-electron chi connectivity index (χ0n) is 18.9. The van der Waals surface area contributed by atoms with Gasteiger partial charge in [0.05, 0.1) is 6.42 Å². The largest absolute Gasteiger partial charge is 0.481 e. The Hall–Kier alpha value is -2.88. The highest BCUT2D eigenvalue weighted by Gasteiger charge is 2.35. The highest BCUT2D eigenvalue weighted by molar-refractivity contribution is 6.02. The van der Waals surface area contributed by atoms with Crippen molar-refractivity contribution < 1.29 is 14.7 Å². The number of hydrogen-bond acceptors (Lipinski definition) is 2. The molecule has 1 amide bonds. The Balaban J connectivity index is 1.80. The molecule has 31 heavy (non-hydrogen) atoms. The number of carboxylic acid groups (broad SMARTS) is 1. The molecule has 2 aromatic carbocycles. The average Bonchev–Trinajstić information content (AvgIpc) is 3.04. The number of rotatable bonds is 5. The molecule has 4 rings (SSSR count). The van der Waals surface area contributed by atoms with Gasteiger partial charge in [0, 0.05) is 18.7 Å². The van der Waals surface area contributed by atoms with Crippen LogP contribution in [0, 0.1) is 19.3 Å². The molecule has 0 radical (unpaired) electrons. The lowest BCUT2D eigenvalue weighted by atomic mass is 9.74. The number of nitrogens with zero attached hydrogens (tertiary/aromatic N) is 1. The number of aliphatic carboxylic acids is 1. The quantitative estimate of drug-likeness (QED) is 0.681. The summed E-state index contributed by atoms with van der Waals surface area (Å²) in [6.45, 7) is 9.69. The fourth-order valence-corrected chi connectivity index (χ4v) is 5.08. The summed E-state index contributed by atoms with van der Waals surface area (Å²) in [6, 6.07) is 10.0. The van der Waals surface area contributed by atoms with E-state index in [0.717, 1.165) is 52.6 Å². The van der Waals surface area contributed by atoms with E-state index in [1.165, 1.54) is 5.57 Å². The van der Waals surface area contributed by atoms with Gasteiger partial charge in [-0.1, -0.05) is 50.3 Å². The van der Waals surface area contributed by atoms with Crippen molar-refractivity contribution in [2.45, 2.75) is 66.5 Å². The van der Waals surface area contributed by atoms with Crippen LogP contribution in [0.3, 0.4) is 0 Å². The van der Waals surface area contributed by atoms with Gasteiger partial charge < -0.3 is 10.0 Å². The number of carbonyl (C=O) groups excluding carboxylic acids is 1. The normalized spacial score (nSPS) is 17.5. The van der Waals surface area contributed by atoms with Crippen LogP contribution in [0.2, 0.25) is 0 Å². The summed E-state index contributed by atoms with van der Waals surface area (Å²) in [5.41, 5.74) is 8.19. The van der Waals surface area contributed by atoms with Gasteiger partial charge in [0.25, 0.3) is 5.91 Å². The number of fused-ring (bicyclic) bond motifs is 1. The predicted molar refractivity (Wildman–Crippen MR) is 123 cm³/mol. The van der Waals surface area contributed by atoms with Crippen LogP contribution in [0.5, 0.6) is 0 Å². The van der Waals surface area contributed by atoms with Crippen molar-refractivity contribution in [3.8, 4) is 0 Å². The molecule has 0 saturated carbocycles. The molecule has 2 aliphatic rings. The molecule has 0 unspecified atom stereocenters. The summed E-state index contributed by atoms with van der Waals surface area (Å²) in [7, 11) is 0. The summed E-state index contributed by atoms with van der Waals surface area (Å²) >= 11 is 0. The summed E-state index contributed by atoms with van der Waals surface area (Å²) in [4.78, 5) is 27.0. The predicted octanol–water partition coefficient (Wildman–Crippen LogP) is 5.68. The van der Waals surface area contributed by atoms with Crippen molar-refractivity contribution in [3.63, 3.8) is 0 Å². The average molecular weight is 418 g/mol. The van der Waals surface area contributed by atoms with E-state index in [-0.39, 0.29) is 17.7 Å². The fourth-order valence-electron chi connectivity index (χ4n) is 5.08. The lowest BCUT2D eigenvalue weighted by Crippen LogP contribution is -2.23. The van der Waals surface area contributed by atoms with Gasteiger partial charge in [0.2, 0.25) is 0 Å². The van der Waals surface area contributed by atoms with Gasteiger partial charge >= 0.3 is 5.97 Å². The minimum atomic E-state index is -0.855. The van der Waals surface area contributed by atoms with Crippen LogP contribution in [0.15, 0.2) is 36.4 Å². The van der Waals surface area contributed by atoms with Gasteiger partial charge in [-0.05, 0) is 77.5 Å². The molecule has 0 spiro atoms. The van der Waals surface area contributed by atoms with Gasteiger partial charge in [-0.2, -0.15) is 0 Å². The third-order valence-corrected chi connectivity index (χ3v) is 6.95. The second-order valence-electron chi connectivity index (χ2n) is 9.77. The lowest BCUT2D eigenvalue weighted by Gasteiger charge is -2.31. The fraction of sp³-hybridized carbons (Fsp3) is 0.407. The maximum atomic E-state index is 13.3. The van der Waals surface area contributed by atoms with E-state index >= 15 is 0 Å². The second kappa shape index (κ2) is 7.99. The Labute approximate surface area is 184 Å². The Morgan fingerprint density at radius 3 is 2.42 bits per heavy atom. The highest BCUT2D eigenvalue weighted by atomic mass is 16.4. The second-order valence-corrected chi connectivity index (χ2v) is 9.77. The van der Waals surface area contributed by atoms with Gasteiger partial charge in [0.1, 0.15) is 0 Å². The molecule has 0 fully saturated rings. The summed E-state index contributed by atoms with van der Waals surface area (Å²) in [5, 5.41) is 9.63. The number of benzene rings is 2. The van der Waals surface area contributed by atoms with Crippen molar-refractivity contribution in [2.75, 3.05) is 0 Å². The van der Waals surface area contributed by atoms with Crippen LogP contribution in [0.4, 0.5) is 0 Å². The maximum absolute atomic E-state index is 13.3. The number of carbonyl (C=O) groups is 2. The first kappa shape index (κ1) is 21.4. The molecular formula is C27H31NO3. The Morgan fingerprint density at radius 1 is 1.10 bits per heavy atom. The Morgan fingerprint density at radius 2 is 1.81 bits per heavy atom. The number of carboxylic acids is 1. The van der Waals surface area contributed by atoms with Gasteiger partial charge in [-0.3, -0.25) is 9.59 Å². The molecule has 1 N–H and O–H groups in total. The monoisotopic (exact) mass is 417 g/mol. The first-order valence-corrected chi connectivity index (χ1v) is 11.1. The molecule has 0 bridgehead atoms. The van der Waals surface area contributed by atoms with Crippen LogP contribution in [-0.2, 0) is 24.3 Å². The van der Waals surface area contributed by atoms with Crippen LogP contribution in [-0.4, -0.2) is 21.9 Å². The van der Waals surface area contributed by atoms with Crippen molar-refractivity contribution in [1.29, 1.82) is 0 Å². The molecule has 0 atom stereocenters. The molecule has 1 aliphatic carbocycles. The van der Waals surface area contributed by atoms with E-state index in [0.29, 0.717) is 18.7 Å². The van der Waals surface area contributed by atoms with Crippen LogP contribution in [0.25, 0.3) is 5.57 Å². The Kier molecular flexibility index (Phi) is 5.50. The van der Waals surface area contributed by atoms with E-state index in [9.17, 15) is 14.7 Å². The maximum Gasteiger partial charge on any atom is 0.307 e. The van der Waals surface area contributed by atoms with Crippen LogP contribution in [0.1, 0.15) is 76.8 Å². The van der Waals surface area contributed by atoms with E-state index in [1.54, 1.807) is 0 Å². The van der Waals surface area contributed by atoms with E-state index in [1.807, 2.05) is 42.2 Å². The molecule has 1 heterocycles. The standard InChI is InChI=1S/C27H31NO3/c1-17-21(14-23(29)30)24(20-10-12-27(3,4)13-11-20)18(2)22-16-28(26(31)25(17)22)15-19-8-6-5-7-9-19/h5-10H,11-16H2,1-4H3,(H,29,30).